The molecule has 0 aliphatic rings. The number of hydrogen-bond acceptors (Lipinski definition) is 8. The molecule has 0 fully saturated rings. The number of carbonyl (C=O) groups is 2. The van der Waals surface area contributed by atoms with Gasteiger partial charge in [0.25, 0.3) is 10.0 Å². The smallest absolute Gasteiger partial charge is 0.424 e. The third kappa shape index (κ3) is 5.84. The van der Waals surface area contributed by atoms with Crippen LogP contribution in [0.4, 0.5) is 4.79 Å². The quantitative estimate of drug-likeness (QED) is 0.372. The van der Waals surface area contributed by atoms with Crippen LogP contribution in [0.3, 0.4) is 0 Å². The third-order valence-corrected chi connectivity index (χ3v) is 7.34. The molecule has 10 nitrogen and oxygen atoms in total. The lowest BCUT2D eigenvalue weighted by Crippen LogP contribution is -2.50. The van der Waals surface area contributed by atoms with Gasteiger partial charge in [-0.05, 0) is 56.9 Å². The van der Waals surface area contributed by atoms with Crippen molar-refractivity contribution in [3.8, 4) is 0 Å². The van der Waals surface area contributed by atoms with E-state index >= 15 is 0 Å². The molecule has 0 aliphatic carbocycles. The highest BCUT2D eigenvalue weighted by molar-refractivity contribution is 7.89. The summed E-state index contributed by atoms with van der Waals surface area (Å²) >= 11 is 0. The second-order valence-corrected chi connectivity index (χ2v) is 10.5. The van der Waals surface area contributed by atoms with Crippen LogP contribution in [0.1, 0.15) is 45.5 Å². The Balaban J connectivity index is 1.96. The molecule has 1 unspecified atom stereocenters. The van der Waals surface area contributed by atoms with Gasteiger partial charge < -0.3 is 14.0 Å². The minimum absolute atomic E-state index is 0.0469. The Morgan fingerprint density at radius 1 is 1.06 bits per heavy atom. The van der Waals surface area contributed by atoms with Crippen LogP contribution in [0, 0.1) is 12.8 Å². The molecule has 1 amide bonds. The molecule has 0 aliphatic heterocycles. The third-order valence-electron chi connectivity index (χ3n) is 5.55. The minimum Gasteiger partial charge on any atom is -0.464 e. The summed E-state index contributed by atoms with van der Waals surface area (Å²) in [6, 6.07) is 6.71. The maximum atomic E-state index is 13.6. The molecule has 36 heavy (non-hydrogen) atoms. The first kappa shape index (κ1) is 27.1. The molecule has 0 N–H and O–H groups in total. The fourth-order valence-corrected chi connectivity index (χ4v) is 5.38. The number of nitrogens with zero attached hydrogens (tertiary/aromatic N) is 4. The largest absolute Gasteiger partial charge is 0.464 e. The normalized spacial score (nSPS) is 12.5. The van der Waals surface area contributed by atoms with E-state index in [9.17, 15) is 18.0 Å². The van der Waals surface area contributed by atoms with E-state index in [0.29, 0.717) is 10.8 Å². The number of sulfonamides is 1. The highest BCUT2D eigenvalue weighted by Gasteiger charge is 2.42. The van der Waals surface area contributed by atoms with E-state index < -0.39 is 28.1 Å². The van der Waals surface area contributed by atoms with Crippen molar-refractivity contribution in [2.24, 2.45) is 5.92 Å². The number of esters is 1. The van der Waals surface area contributed by atoms with Crippen molar-refractivity contribution in [2.75, 3.05) is 13.2 Å². The van der Waals surface area contributed by atoms with E-state index in [0.717, 1.165) is 22.4 Å². The molecule has 1 aromatic carbocycles. The fraction of sp³-hybridized carbons (Fsp3) is 0.440. The van der Waals surface area contributed by atoms with Crippen LogP contribution < -0.4 is 0 Å². The Kier molecular flexibility index (Phi) is 8.67. The maximum absolute atomic E-state index is 13.6. The Morgan fingerprint density at radius 2 is 1.72 bits per heavy atom. The molecule has 0 saturated carbocycles. The van der Waals surface area contributed by atoms with Gasteiger partial charge in [0, 0.05) is 12.7 Å². The standard InChI is InChI=1S/C25H32N4O6S/c1-6-34-24(30)23(14-17(3)4)29(25(31)35-7-2)36(32,33)20-10-8-19(9-11-20)16-28-18(5)27-21-15-26-13-12-22(21)28/h8-13,15,17,23H,6-7,14,16H2,1-5H3. The Labute approximate surface area is 211 Å². The molecule has 0 spiro atoms. The SMILES string of the molecule is CCOC(=O)C(CC(C)C)N(C(=O)OCC)S(=O)(=O)c1ccc(Cn2c(C)nc3cnccc32)cc1. The molecule has 3 aromatic rings. The van der Waals surface area contributed by atoms with Gasteiger partial charge in [-0.3, -0.25) is 4.98 Å². The van der Waals surface area contributed by atoms with E-state index in [2.05, 4.69) is 9.97 Å². The fourth-order valence-electron chi connectivity index (χ4n) is 3.92. The van der Waals surface area contributed by atoms with E-state index in [4.69, 9.17) is 9.47 Å². The zero-order valence-electron chi connectivity index (χ0n) is 21.2. The molecule has 3 rings (SSSR count). The van der Waals surface area contributed by atoms with Crippen molar-refractivity contribution in [1.29, 1.82) is 0 Å². The second kappa shape index (κ2) is 11.5. The first-order chi connectivity index (χ1) is 17.1. The molecule has 0 radical (unpaired) electrons. The summed E-state index contributed by atoms with van der Waals surface area (Å²) in [5.74, 6) is -0.0806. The van der Waals surface area contributed by atoms with E-state index in [-0.39, 0.29) is 30.4 Å². The van der Waals surface area contributed by atoms with Crippen molar-refractivity contribution in [1.82, 2.24) is 18.8 Å². The van der Waals surface area contributed by atoms with Crippen LogP contribution >= 0.6 is 0 Å². The Hall–Kier alpha value is -3.47. The molecule has 1 atom stereocenters. The predicted octanol–water partition coefficient (Wildman–Crippen LogP) is 3.91. The monoisotopic (exact) mass is 516 g/mol. The van der Waals surface area contributed by atoms with Crippen LogP contribution in [-0.2, 0) is 30.8 Å². The molecule has 2 aromatic heterocycles. The second-order valence-electron chi connectivity index (χ2n) is 8.65. The lowest BCUT2D eigenvalue weighted by atomic mass is 10.0. The Bertz CT molecular complexity index is 1320. The van der Waals surface area contributed by atoms with Crippen molar-refractivity contribution >= 4 is 33.1 Å². The van der Waals surface area contributed by atoms with Crippen molar-refractivity contribution in [3.05, 3.63) is 54.1 Å². The molecule has 0 bridgehead atoms. The number of rotatable bonds is 10. The number of benzene rings is 1. The molecule has 11 heteroatoms. The van der Waals surface area contributed by atoms with Crippen LogP contribution in [-0.4, -0.2) is 58.6 Å². The molecular weight excluding hydrogens is 484 g/mol. The highest BCUT2D eigenvalue weighted by Crippen LogP contribution is 2.25. The summed E-state index contributed by atoms with van der Waals surface area (Å²) < 4.78 is 39.9. The number of ether oxygens (including phenoxy) is 2. The summed E-state index contributed by atoms with van der Waals surface area (Å²) in [6.45, 7) is 9.20. The van der Waals surface area contributed by atoms with Gasteiger partial charge in [0.15, 0.2) is 0 Å². The number of aromatic nitrogens is 3. The van der Waals surface area contributed by atoms with Gasteiger partial charge in [0.1, 0.15) is 17.4 Å². The first-order valence-corrected chi connectivity index (χ1v) is 13.3. The summed E-state index contributed by atoms with van der Waals surface area (Å²) in [7, 11) is -4.42. The number of carbonyl (C=O) groups excluding carboxylic acids is 2. The predicted molar refractivity (Wildman–Crippen MR) is 134 cm³/mol. The number of fused-ring (bicyclic) bond motifs is 1. The van der Waals surface area contributed by atoms with Gasteiger partial charge >= 0.3 is 12.1 Å². The van der Waals surface area contributed by atoms with E-state index in [1.54, 1.807) is 38.4 Å². The number of hydrogen-bond donors (Lipinski definition) is 0. The first-order valence-electron chi connectivity index (χ1n) is 11.8. The summed E-state index contributed by atoms with van der Waals surface area (Å²) in [6.07, 6.45) is 2.36. The van der Waals surface area contributed by atoms with Gasteiger partial charge in [0.2, 0.25) is 0 Å². The zero-order valence-corrected chi connectivity index (χ0v) is 22.0. The van der Waals surface area contributed by atoms with Gasteiger partial charge in [-0.25, -0.2) is 23.0 Å². The molecule has 2 heterocycles. The average molecular weight is 517 g/mol. The van der Waals surface area contributed by atoms with Gasteiger partial charge in [-0.15, -0.1) is 0 Å². The van der Waals surface area contributed by atoms with Crippen LogP contribution in [0.15, 0.2) is 47.6 Å². The van der Waals surface area contributed by atoms with E-state index in [1.807, 2.05) is 31.4 Å². The summed E-state index contributed by atoms with van der Waals surface area (Å²) in [5.41, 5.74) is 2.52. The lowest BCUT2D eigenvalue weighted by molar-refractivity contribution is -0.147. The van der Waals surface area contributed by atoms with Crippen LogP contribution in [0.25, 0.3) is 11.0 Å². The van der Waals surface area contributed by atoms with E-state index in [1.165, 1.54) is 12.1 Å². The van der Waals surface area contributed by atoms with Crippen LogP contribution in [0.2, 0.25) is 0 Å². The number of imidazole rings is 1. The number of amides is 1. The average Bonchev–Trinajstić information content (AvgIpc) is 3.14. The van der Waals surface area contributed by atoms with Gasteiger partial charge in [-0.2, -0.15) is 4.31 Å². The highest BCUT2D eigenvalue weighted by atomic mass is 32.2. The van der Waals surface area contributed by atoms with Crippen molar-refractivity contribution in [3.63, 3.8) is 0 Å². The number of aryl methyl sites for hydroxylation is 1. The molecule has 0 saturated heterocycles. The molecular formula is C25H32N4O6S. The van der Waals surface area contributed by atoms with Gasteiger partial charge in [-0.1, -0.05) is 26.0 Å². The Morgan fingerprint density at radius 3 is 2.33 bits per heavy atom. The maximum Gasteiger partial charge on any atom is 0.424 e. The van der Waals surface area contributed by atoms with Crippen molar-refractivity contribution in [2.45, 2.75) is 58.5 Å². The summed E-state index contributed by atoms with van der Waals surface area (Å²) in [5, 5.41) is 0. The number of pyridine rings is 1. The van der Waals surface area contributed by atoms with Crippen LogP contribution in [0.5, 0.6) is 0 Å². The topological polar surface area (TPSA) is 121 Å². The molecule has 194 valence electrons. The van der Waals surface area contributed by atoms with Gasteiger partial charge in [0.05, 0.1) is 29.8 Å². The zero-order chi connectivity index (χ0) is 26.5. The minimum atomic E-state index is -4.42. The van der Waals surface area contributed by atoms with Crippen molar-refractivity contribution < 1.29 is 27.5 Å². The summed E-state index contributed by atoms with van der Waals surface area (Å²) in [4.78, 5) is 34.0. The lowest BCUT2D eigenvalue weighted by Gasteiger charge is -2.29.